The van der Waals surface area contributed by atoms with E-state index >= 15 is 0 Å². The van der Waals surface area contributed by atoms with Crippen LogP contribution in [0.25, 0.3) is 0 Å². The molecule has 0 heterocycles. The van der Waals surface area contributed by atoms with Crippen LogP contribution in [0.15, 0.2) is 78.9 Å². The molecule has 0 aliphatic rings. The van der Waals surface area contributed by atoms with Gasteiger partial charge in [-0.1, -0.05) is 84.4 Å². The van der Waals surface area contributed by atoms with E-state index in [0.717, 1.165) is 22.4 Å². The zero-order valence-electron chi connectivity index (χ0n) is 20.3. The Morgan fingerprint density at radius 1 is 0.912 bits per heavy atom. The molecule has 3 aromatic rings. The Balaban J connectivity index is 1.83. The fourth-order valence-corrected chi connectivity index (χ4v) is 4.82. The van der Waals surface area contributed by atoms with Gasteiger partial charge in [-0.2, -0.15) is 0 Å². The van der Waals surface area contributed by atoms with Gasteiger partial charge in [0.25, 0.3) is 0 Å². The summed E-state index contributed by atoms with van der Waals surface area (Å²) in [5.74, 6) is 0.950. The number of amides is 2. The summed E-state index contributed by atoms with van der Waals surface area (Å²) in [6.45, 7) is 6.96. The van der Waals surface area contributed by atoms with E-state index in [4.69, 9.17) is 0 Å². The predicted octanol–water partition coefficient (Wildman–Crippen LogP) is 5.31. The lowest BCUT2D eigenvalue weighted by Crippen LogP contribution is -2.51. The van der Waals surface area contributed by atoms with E-state index in [1.165, 1.54) is 11.1 Å². The van der Waals surface area contributed by atoms with Gasteiger partial charge < -0.3 is 10.2 Å². The zero-order valence-corrected chi connectivity index (χ0v) is 21.1. The molecule has 2 amide bonds. The Labute approximate surface area is 207 Å². The third kappa shape index (κ3) is 7.49. The highest BCUT2D eigenvalue weighted by atomic mass is 32.2. The number of benzene rings is 3. The van der Waals surface area contributed by atoms with Gasteiger partial charge in [0.05, 0.1) is 5.75 Å². The highest BCUT2D eigenvalue weighted by molar-refractivity contribution is 7.99. The summed E-state index contributed by atoms with van der Waals surface area (Å²) in [5.41, 5.74) is 5.62. The molecule has 0 saturated heterocycles. The van der Waals surface area contributed by atoms with Crippen LogP contribution in [0.5, 0.6) is 0 Å². The van der Waals surface area contributed by atoms with E-state index in [1.54, 1.807) is 16.7 Å². The fourth-order valence-electron chi connectivity index (χ4n) is 3.96. The Hall–Kier alpha value is -3.05. The molecule has 0 unspecified atom stereocenters. The number of carbonyl (C=O) groups excluding carboxylic acids is 2. The van der Waals surface area contributed by atoms with Gasteiger partial charge in [-0.05, 0) is 43.0 Å². The van der Waals surface area contributed by atoms with Gasteiger partial charge >= 0.3 is 0 Å². The van der Waals surface area contributed by atoms with Gasteiger partial charge in [0.1, 0.15) is 6.04 Å². The molecule has 0 bridgehead atoms. The van der Waals surface area contributed by atoms with Crippen molar-refractivity contribution < 1.29 is 9.59 Å². The molecule has 3 rings (SSSR count). The van der Waals surface area contributed by atoms with E-state index < -0.39 is 6.04 Å². The Kier molecular flexibility index (Phi) is 9.77. The highest BCUT2D eigenvalue weighted by Crippen LogP contribution is 2.20. The lowest BCUT2D eigenvalue weighted by atomic mass is 10.0. The maximum absolute atomic E-state index is 13.6. The second-order valence-electron chi connectivity index (χ2n) is 8.53. The standard InChI is InChI=1S/C29H34N2O2S/c1-4-30-29(33)27(18-24-13-6-5-7-14-24)31(19-26-16-9-8-12-23(26)3)28(32)21-34-20-25-15-10-11-22(2)17-25/h5-17,27H,4,18-21H2,1-3H3,(H,30,33)/t27-/m1/s1. The van der Waals surface area contributed by atoms with E-state index in [9.17, 15) is 9.59 Å². The number of thioether (sulfide) groups is 1. The lowest BCUT2D eigenvalue weighted by molar-refractivity contribution is -0.139. The minimum absolute atomic E-state index is 0.0203. The topological polar surface area (TPSA) is 49.4 Å². The largest absolute Gasteiger partial charge is 0.355 e. The van der Waals surface area contributed by atoms with Crippen LogP contribution < -0.4 is 5.32 Å². The van der Waals surface area contributed by atoms with Crippen LogP contribution in [0.4, 0.5) is 0 Å². The summed E-state index contributed by atoms with van der Waals surface area (Å²) >= 11 is 1.59. The molecule has 34 heavy (non-hydrogen) atoms. The van der Waals surface area contributed by atoms with Crippen LogP contribution >= 0.6 is 11.8 Å². The SMILES string of the molecule is CCNC(=O)[C@@H](Cc1ccccc1)N(Cc1ccccc1C)C(=O)CSCc1cccc(C)c1. The van der Waals surface area contributed by atoms with Gasteiger partial charge in [0.15, 0.2) is 0 Å². The first-order valence-corrected chi connectivity index (χ1v) is 12.9. The number of nitrogens with zero attached hydrogens (tertiary/aromatic N) is 1. The third-order valence-corrected chi connectivity index (χ3v) is 6.79. The van der Waals surface area contributed by atoms with Crippen molar-refractivity contribution in [2.75, 3.05) is 12.3 Å². The molecule has 0 aromatic heterocycles. The first-order valence-electron chi connectivity index (χ1n) is 11.8. The van der Waals surface area contributed by atoms with E-state index in [0.29, 0.717) is 25.3 Å². The molecule has 178 valence electrons. The van der Waals surface area contributed by atoms with Gasteiger partial charge in [-0.15, -0.1) is 11.8 Å². The van der Waals surface area contributed by atoms with E-state index in [2.05, 4.69) is 30.4 Å². The fraction of sp³-hybridized carbons (Fsp3) is 0.310. The number of carbonyl (C=O) groups is 2. The number of nitrogens with one attached hydrogen (secondary N) is 1. The molecule has 0 radical (unpaired) electrons. The van der Waals surface area contributed by atoms with Crippen molar-refractivity contribution in [2.45, 2.75) is 45.5 Å². The molecular formula is C29H34N2O2S. The summed E-state index contributed by atoms with van der Waals surface area (Å²) in [7, 11) is 0. The molecule has 5 heteroatoms. The van der Waals surface area contributed by atoms with Gasteiger partial charge in [0, 0.05) is 25.3 Å². The second-order valence-corrected chi connectivity index (χ2v) is 9.52. The van der Waals surface area contributed by atoms with E-state index in [-0.39, 0.29) is 11.8 Å². The monoisotopic (exact) mass is 474 g/mol. The van der Waals surface area contributed by atoms with Crippen LogP contribution in [-0.2, 0) is 28.3 Å². The quantitative estimate of drug-likeness (QED) is 0.410. The highest BCUT2D eigenvalue weighted by Gasteiger charge is 2.30. The third-order valence-electron chi connectivity index (χ3n) is 5.80. The van der Waals surface area contributed by atoms with Crippen LogP contribution in [0, 0.1) is 13.8 Å². The average molecular weight is 475 g/mol. The van der Waals surface area contributed by atoms with Crippen molar-refractivity contribution in [3.63, 3.8) is 0 Å². The second kappa shape index (κ2) is 13.0. The normalized spacial score (nSPS) is 11.6. The van der Waals surface area contributed by atoms with Crippen molar-refractivity contribution in [3.05, 3.63) is 107 Å². The molecular weight excluding hydrogens is 440 g/mol. The number of likely N-dealkylation sites (N-methyl/N-ethyl adjacent to an activating group) is 1. The summed E-state index contributed by atoms with van der Waals surface area (Å²) in [4.78, 5) is 28.5. The van der Waals surface area contributed by atoms with Crippen molar-refractivity contribution in [3.8, 4) is 0 Å². The number of hydrogen-bond donors (Lipinski definition) is 1. The van der Waals surface area contributed by atoms with Crippen LogP contribution in [0.2, 0.25) is 0 Å². The van der Waals surface area contributed by atoms with Gasteiger partial charge in [-0.25, -0.2) is 0 Å². The molecule has 4 nitrogen and oxygen atoms in total. The molecule has 1 atom stereocenters. The molecule has 0 aliphatic carbocycles. The zero-order chi connectivity index (χ0) is 24.3. The summed E-state index contributed by atoms with van der Waals surface area (Å²) < 4.78 is 0. The molecule has 3 aromatic carbocycles. The Morgan fingerprint density at radius 3 is 2.32 bits per heavy atom. The lowest BCUT2D eigenvalue weighted by Gasteiger charge is -2.32. The maximum atomic E-state index is 13.6. The minimum atomic E-state index is -0.575. The van der Waals surface area contributed by atoms with Crippen LogP contribution in [0.1, 0.15) is 34.7 Å². The minimum Gasteiger partial charge on any atom is -0.355 e. The Bertz CT molecular complexity index is 1080. The van der Waals surface area contributed by atoms with Crippen molar-refractivity contribution in [1.29, 1.82) is 0 Å². The summed E-state index contributed by atoms with van der Waals surface area (Å²) in [6.07, 6.45) is 0.479. The predicted molar refractivity (Wildman–Crippen MR) is 142 cm³/mol. The van der Waals surface area contributed by atoms with Gasteiger partial charge in [0.2, 0.25) is 11.8 Å². The number of hydrogen-bond acceptors (Lipinski definition) is 3. The maximum Gasteiger partial charge on any atom is 0.243 e. The van der Waals surface area contributed by atoms with Crippen LogP contribution in [-0.4, -0.2) is 35.1 Å². The molecule has 1 N–H and O–H groups in total. The summed E-state index contributed by atoms with van der Waals surface area (Å²) in [5, 5.41) is 2.95. The molecule has 0 spiro atoms. The Morgan fingerprint density at radius 2 is 1.62 bits per heavy atom. The number of aryl methyl sites for hydroxylation is 2. The average Bonchev–Trinajstić information content (AvgIpc) is 2.83. The number of rotatable bonds is 11. The van der Waals surface area contributed by atoms with E-state index in [1.807, 2.05) is 74.5 Å². The van der Waals surface area contributed by atoms with Gasteiger partial charge in [-0.3, -0.25) is 9.59 Å². The van der Waals surface area contributed by atoms with Crippen molar-refractivity contribution >= 4 is 23.6 Å². The molecule has 0 aliphatic heterocycles. The summed E-state index contributed by atoms with van der Waals surface area (Å²) in [6, 6.07) is 25.7. The first kappa shape index (κ1) is 25.6. The van der Waals surface area contributed by atoms with Crippen molar-refractivity contribution in [2.24, 2.45) is 0 Å². The molecule has 0 fully saturated rings. The van der Waals surface area contributed by atoms with Crippen molar-refractivity contribution in [1.82, 2.24) is 10.2 Å². The molecule has 0 saturated carbocycles. The first-order chi connectivity index (χ1) is 16.5. The van der Waals surface area contributed by atoms with Crippen LogP contribution in [0.3, 0.4) is 0 Å². The smallest absolute Gasteiger partial charge is 0.243 e.